The van der Waals surface area contributed by atoms with Gasteiger partial charge in [0.05, 0.1) is 17.6 Å². The van der Waals surface area contributed by atoms with Gasteiger partial charge in [0.15, 0.2) is 0 Å². The molecule has 0 spiro atoms. The van der Waals surface area contributed by atoms with Crippen LogP contribution in [0.25, 0.3) is 0 Å². The minimum Gasteiger partial charge on any atom is -0.368 e. The highest BCUT2D eigenvalue weighted by molar-refractivity contribution is 6.21. The van der Waals surface area contributed by atoms with E-state index in [9.17, 15) is 14.0 Å². The molecule has 2 heterocycles. The summed E-state index contributed by atoms with van der Waals surface area (Å²) >= 11 is 5.89. The zero-order chi connectivity index (χ0) is 21.8. The van der Waals surface area contributed by atoms with E-state index >= 15 is 0 Å². The van der Waals surface area contributed by atoms with Crippen molar-refractivity contribution in [1.29, 1.82) is 0 Å². The van der Waals surface area contributed by atoms with Crippen molar-refractivity contribution in [3.63, 3.8) is 0 Å². The van der Waals surface area contributed by atoms with Crippen LogP contribution in [0, 0.1) is 0 Å². The lowest BCUT2D eigenvalue weighted by molar-refractivity contribution is -0.191. The lowest BCUT2D eigenvalue weighted by Gasteiger charge is -2.73. The molecular weight excluding hydrogens is 429 g/mol. The standard InChI is InChI=1S/C21H31ClFN3O5/c1-12-6-18(25-31-12)30-16-4-5-26(19(16)28)21-9-20(10-21,11-21)24-17(27)8-29-13-2-3-14(22)15(23)7-13/h12-16,18,25H,2-11H2,1H3,(H,24,27). The number of carbonyl (C=O) groups is 2. The van der Waals surface area contributed by atoms with E-state index in [1.165, 1.54) is 0 Å². The van der Waals surface area contributed by atoms with Crippen LogP contribution in [0.3, 0.4) is 0 Å². The molecule has 8 nitrogen and oxygen atoms in total. The summed E-state index contributed by atoms with van der Waals surface area (Å²) in [6, 6.07) is 0. The van der Waals surface area contributed by atoms with E-state index in [1.807, 2.05) is 11.8 Å². The second-order valence-corrected chi connectivity index (χ2v) is 10.6. The van der Waals surface area contributed by atoms with Crippen molar-refractivity contribution in [1.82, 2.24) is 15.7 Å². The van der Waals surface area contributed by atoms with Crippen molar-refractivity contribution in [2.75, 3.05) is 13.2 Å². The molecule has 6 atom stereocenters. The predicted molar refractivity (Wildman–Crippen MR) is 109 cm³/mol. The number of nitrogens with zero attached hydrogens (tertiary/aromatic N) is 1. The van der Waals surface area contributed by atoms with Crippen LogP contribution in [-0.2, 0) is 23.9 Å². The van der Waals surface area contributed by atoms with Gasteiger partial charge < -0.3 is 19.7 Å². The SMILES string of the molecule is CC1CC(OC2CCN(C34CC(NC(=O)COC5CCC(Cl)C(F)C5)(C3)C4)C2=O)NO1. The number of hydrogen-bond acceptors (Lipinski definition) is 6. The third kappa shape index (κ3) is 4.08. The van der Waals surface area contributed by atoms with Crippen LogP contribution in [0.15, 0.2) is 0 Å². The molecule has 0 aromatic heterocycles. The molecule has 2 aliphatic heterocycles. The number of amides is 2. The number of ether oxygens (including phenoxy) is 2. The zero-order valence-corrected chi connectivity index (χ0v) is 18.5. The summed E-state index contributed by atoms with van der Waals surface area (Å²) < 4.78 is 25.2. The van der Waals surface area contributed by atoms with Crippen LogP contribution in [0.5, 0.6) is 0 Å². The van der Waals surface area contributed by atoms with E-state index in [-0.39, 0.29) is 54.4 Å². The van der Waals surface area contributed by atoms with Crippen molar-refractivity contribution < 1.29 is 28.3 Å². The Balaban J connectivity index is 1.05. The van der Waals surface area contributed by atoms with Crippen molar-refractivity contribution in [3.05, 3.63) is 0 Å². The quantitative estimate of drug-likeness (QED) is 0.561. The molecule has 6 unspecified atom stereocenters. The number of nitrogens with one attached hydrogen (secondary N) is 2. The zero-order valence-electron chi connectivity index (χ0n) is 17.8. The molecule has 6 rings (SSSR count). The molecule has 2 bridgehead atoms. The Hall–Kier alpha value is -1.00. The maximum atomic E-state index is 13.7. The van der Waals surface area contributed by atoms with E-state index < -0.39 is 17.7 Å². The summed E-state index contributed by atoms with van der Waals surface area (Å²) in [6.07, 6.45) is 3.30. The van der Waals surface area contributed by atoms with E-state index in [0.717, 1.165) is 25.7 Å². The first-order valence-electron chi connectivity index (χ1n) is 11.4. The molecular formula is C21H31ClFN3O5. The van der Waals surface area contributed by atoms with Gasteiger partial charge in [-0.2, -0.15) is 5.48 Å². The number of likely N-dealkylation sites (tertiary alicyclic amines) is 1. The first-order valence-corrected chi connectivity index (χ1v) is 11.8. The van der Waals surface area contributed by atoms with Gasteiger partial charge >= 0.3 is 0 Å². The molecule has 0 aromatic rings. The average Bonchev–Trinajstić information content (AvgIpc) is 3.24. The highest BCUT2D eigenvalue weighted by atomic mass is 35.5. The average molecular weight is 460 g/mol. The first kappa shape index (κ1) is 21.8. The predicted octanol–water partition coefficient (Wildman–Crippen LogP) is 1.55. The summed E-state index contributed by atoms with van der Waals surface area (Å²) in [5, 5.41) is 2.63. The smallest absolute Gasteiger partial charge is 0.252 e. The Labute approximate surface area is 186 Å². The van der Waals surface area contributed by atoms with Gasteiger partial charge in [0.25, 0.3) is 5.91 Å². The lowest BCUT2D eigenvalue weighted by atomic mass is 9.43. The third-order valence-corrected chi connectivity index (χ3v) is 8.00. The Bertz CT molecular complexity index is 722. The number of carbonyl (C=O) groups excluding carboxylic acids is 2. The molecule has 0 radical (unpaired) electrons. The minimum absolute atomic E-state index is 0.0417. The first-order chi connectivity index (χ1) is 14.8. The third-order valence-electron chi connectivity index (χ3n) is 7.51. The van der Waals surface area contributed by atoms with Gasteiger partial charge in [0.1, 0.15) is 25.1 Å². The van der Waals surface area contributed by atoms with Crippen molar-refractivity contribution in [2.45, 2.75) is 105 Å². The van der Waals surface area contributed by atoms with Gasteiger partial charge in [-0.3, -0.25) is 14.4 Å². The molecule has 2 N–H and O–H groups in total. The van der Waals surface area contributed by atoms with Crippen molar-refractivity contribution in [3.8, 4) is 0 Å². The van der Waals surface area contributed by atoms with Gasteiger partial charge in [-0.15, -0.1) is 11.6 Å². The Morgan fingerprint density at radius 3 is 2.77 bits per heavy atom. The Morgan fingerprint density at radius 1 is 1.32 bits per heavy atom. The second kappa shape index (κ2) is 8.09. The fraction of sp³-hybridized carbons (Fsp3) is 0.905. The normalized spacial score (nSPS) is 46.5. The van der Waals surface area contributed by atoms with Crippen molar-refractivity contribution >= 4 is 23.4 Å². The van der Waals surface area contributed by atoms with Gasteiger partial charge in [0, 0.05) is 36.9 Å². The summed E-state index contributed by atoms with van der Waals surface area (Å²) in [7, 11) is 0. The molecule has 0 aromatic carbocycles. The summed E-state index contributed by atoms with van der Waals surface area (Å²) in [6.45, 7) is 2.59. The highest BCUT2D eigenvalue weighted by Crippen LogP contribution is 2.64. The van der Waals surface area contributed by atoms with Gasteiger partial charge in [0.2, 0.25) is 5.91 Å². The van der Waals surface area contributed by atoms with Crippen LogP contribution in [-0.4, -0.2) is 77.0 Å². The van der Waals surface area contributed by atoms with Crippen LogP contribution in [0.2, 0.25) is 0 Å². The van der Waals surface area contributed by atoms with Crippen molar-refractivity contribution in [2.24, 2.45) is 0 Å². The molecule has 4 saturated carbocycles. The summed E-state index contributed by atoms with van der Waals surface area (Å²) in [5.74, 6) is -0.132. The number of alkyl halides is 2. The maximum Gasteiger partial charge on any atom is 0.252 e. The minimum atomic E-state index is -1.08. The van der Waals surface area contributed by atoms with Crippen LogP contribution < -0.4 is 10.8 Å². The van der Waals surface area contributed by atoms with E-state index in [4.69, 9.17) is 25.9 Å². The molecule has 6 fully saturated rings. The topological polar surface area (TPSA) is 89.1 Å². The molecule has 2 amide bonds. The largest absolute Gasteiger partial charge is 0.368 e. The highest BCUT2D eigenvalue weighted by Gasteiger charge is 2.72. The van der Waals surface area contributed by atoms with Crippen LogP contribution in [0.4, 0.5) is 4.39 Å². The maximum absolute atomic E-state index is 13.7. The van der Waals surface area contributed by atoms with E-state index in [1.54, 1.807) is 0 Å². The molecule has 2 saturated heterocycles. The van der Waals surface area contributed by atoms with Crippen LogP contribution in [0.1, 0.15) is 58.3 Å². The molecule has 10 heteroatoms. The van der Waals surface area contributed by atoms with Gasteiger partial charge in [-0.25, -0.2) is 4.39 Å². The Kier molecular flexibility index (Phi) is 5.70. The second-order valence-electron chi connectivity index (χ2n) is 10.0. The fourth-order valence-corrected chi connectivity index (χ4v) is 6.22. The Morgan fingerprint density at radius 2 is 2.10 bits per heavy atom. The number of hydrogen-bond donors (Lipinski definition) is 2. The molecule has 6 aliphatic rings. The summed E-state index contributed by atoms with van der Waals surface area (Å²) in [4.78, 5) is 32.5. The fourth-order valence-electron chi connectivity index (χ4n) is 5.99. The summed E-state index contributed by atoms with van der Waals surface area (Å²) in [5.41, 5.74) is 2.46. The van der Waals surface area contributed by atoms with Crippen LogP contribution >= 0.6 is 11.6 Å². The lowest BCUT2D eigenvalue weighted by Crippen LogP contribution is -2.84. The number of hydroxylamine groups is 1. The number of halogens is 2. The van der Waals surface area contributed by atoms with Gasteiger partial charge in [-0.1, -0.05) is 0 Å². The van der Waals surface area contributed by atoms with E-state index in [0.29, 0.717) is 25.8 Å². The van der Waals surface area contributed by atoms with Gasteiger partial charge in [-0.05, 0) is 39.0 Å². The molecule has 174 valence electrons. The molecule has 31 heavy (non-hydrogen) atoms. The molecule has 4 aliphatic carbocycles. The number of rotatable bonds is 7. The van der Waals surface area contributed by atoms with E-state index in [2.05, 4.69) is 10.8 Å². The monoisotopic (exact) mass is 459 g/mol.